The minimum Gasteiger partial charge on any atom is -0.351 e. The summed E-state index contributed by atoms with van der Waals surface area (Å²) in [4.78, 5) is 41.9. The molecule has 32 heavy (non-hydrogen) atoms. The Hall–Kier alpha value is -2.93. The first kappa shape index (κ1) is 20.9. The van der Waals surface area contributed by atoms with Crippen molar-refractivity contribution in [2.45, 2.75) is 65.1 Å². The molecule has 2 aliphatic heterocycles. The maximum absolute atomic E-state index is 13.5. The number of aromatic amines is 2. The minimum absolute atomic E-state index is 0.0309. The third kappa shape index (κ3) is 3.64. The van der Waals surface area contributed by atoms with Crippen LogP contribution >= 0.6 is 0 Å². The Balaban J connectivity index is 1.47. The number of amides is 1. The van der Waals surface area contributed by atoms with E-state index in [-0.39, 0.29) is 17.5 Å². The molecule has 1 fully saturated rings. The predicted molar refractivity (Wildman–Crippen MR) is 125 cm³/mol. The van der Waals surface area contributed by atoms with Crippen LogP contribution in [0.4, 0.5) is 0 Å². The fourth-order valence-corrected chi connectivity index (χ4v) is 5.10. The molecule has 1 atom stereocenters. The Morgan fingerprint density at radius 3 is 2.81 bits per heavy atom. The van der Waals surface area contributed by atoms with Crippen molar-refractivity contribution in [1.82, 2.24) is 24.8 Å². The third-order valence-electron chi connectivity index (χ3n) is 7.04. The molecule has 5 rings (SSSR count). The van der Waals surface area contributed by atoms with Gasteiger partial charge in [-0.25, -0.2) is 4.98 Å². The second kappa shape index (κ2) is 8.20. The summed E-state index contributed by atoms with van der Waals surface area (Å²) in [6, 6.07) is 8.18. The molecule has 2 N–H and O–H groups in total. The number of fused-ring (bicyclic) bond motifs is 2. The van der Waals surface area contributed by atoms with Crippen LogP contribution in [0.15, 0.2) is 29.1 Å². The minimum atomic E-state index is -0.204. The highest BCUT2D eigenvalue weighted by atomic mass is 16.2. The fourth-order valence-electron chi connectivity index (χ4n) is 5.10. The van der Waals surface area contributed by atoms with Crippen molar-refractivity contribution in [2.24, 2.45) is 0 Å². The van der Waals surface area contributed by atoms with Gasteiger partial charge in [-0.15, -0.1) is 0 Å². The Labute approximate surface area is 187 Å². The molecule has 1 aromatic carbocycles. The van der Waals surface area contributed by atoms with Gasteiger partial charge in [-0.05, 0) is 57.7 Å². The summed E-state index contributed by atoms with van der Waals surface area (Å²) >= 11 is 0. The van der Waals surface area contributed by atoms with Crippen molar-refractivity contribution in [2.75, 3.05) is 13.1 Å². The summed E-state index contributed by atoms with van der Waals surface area (Å²) in [5.41, 5.74) is 4.30. The number of benzene rings is 1. The molecule has 0 spiro atoms. The summed E-state index contributed by atoms with van der Waals surface area (Å²) in [5, 5.41) is 1.07. The largest absolute Gasteiger partial charge is 0.351 e. The van der Waals surface area contributed by atoms with E-state index in [1.54, 1.807) is 0 Å². The maximum atomic E-state index is 13.5. The van der Waals surface area contributed by atoms with Crippen molar-refractivity contribution >= 4 is 16.8 Å². The molecule has 0 unspecified atom stereocenters. The van der Waals surface area contributed by atoms with Gasteiger partial charge in [0.25, 0.3) is 11.5 Å². The zero-order valence-electron chi connectivity index (χ0n) is 19.1. The molecule has 1 amide bonds. The van der Waals surface area contributed by atoms with Crippen molar-refractivity contribution in [3.63, 3.8) is 0 Å². The second-order valence-electron chi connectivity index (χ2n) is 9.42. The zero-order valence-corrected chi connectivity index (χ0v) is 19.1. The van der Waals surface area contributed by atoms with E-state index in [4.69, 9.17) is 4.98 Å². The van der Waals surface area contributed by atoms with Crippen LogP contribution in [-0.4, -0.2) is 49.8 Å². The quantitative estimate of drug-likeness (QED) is 0.660. The van der Waals surface area contributed by atoms with E-state index < -0.39 is 0 Å². The topological polar surface area (TPSA) is 85.1 Å². The molecule has 7 nitrogen and oxygen atoms in total. The van der Waals surface area contributed by atoms with E-state index in [9.17, 15) is 9.59 Å². The molecule has 2 aliphatic rings. The molecular formula is C25H31N5O2. The van der Waals surface area contributed by atoms with E-state index >= 15 is 0 Å². The Morgan fingerprint density at radius 2 is 2.03 bits per heavy atom. The Bertz CT molecular complexity index is 1220. The number of carbonyl (C=O) groups is 1. The van der Waals surface area contributed by atoms with E-state index in [2.05, 4.69) is 41.7 Å². The number of nitrogens with one attached hydrogen (secondary N) is 2. The number of carbonyl (C=O) groups excluding carboxylic acids is 1. The number of H-pyrrole nitrogens is 2. The van der Waals surface area contributed by atoms with Gasteiger partial charge in [0, 0.05) is 43.0 Å². The molecule has 0 radical (unpaired) electrons. The molecule has 0 aliphatic carbocycles. The number of piperidine rings is 1. The van der Waals surface area contributed by atoms with Gasteiger partial charge in [-0.1, -0.05) is 12.1 Å². The van der Waals surface area contributed by atoms with Crippen LogP contribution in [0, 0.1) is 6.92 Å². The standard InChI is InChI=1S/C25H31N5O2/c1-15(2)29-12-10-20-18(14-29)24(31)28-23(27-20)22-9-4-5-11-30(22)25(32)21-13-17-16(3)7-6-8-19(17)26-21/h6-8,13,15,22,26H,4-5,9-12,14H2,1-3H3,(H,27,28,31)/t22-/m0/s1. The Morgan fingerprint density at radius 1 is 1.19 bits per heavy atom. The number of nitrogens with zero attached hydrogens (tertiary/aromatic N) is 3. The summed E-state index contributed by atoms with van der Waals surface area (Å²) < 4.78 is 0. The molecule has 2 aromatic heterocycles. The first-order chi connectivity index (χ1) is 15.4. The first-order valence-corrected chi connectivity index (χ1v) is 11.7. The molecule has 0 bridgehead atoms. The van der Waals surface area contributed by atoms with Crippen LogP contribution in [0.3, 0.4) is 0 Å². The number of rotatable bonds is 3. The SMILES string of the molecule is Cc1cccc2[nH]c(C(=O)N3CCCC[C@H]3c3nc4c(c(=O)[nH]3)CN(C(C)C)CC4)cc12. The summed E-state index contributed by atoms with van der Waals surface area (Å²) in [5.74, 6) is 0.601. The first-order valence-electron chi connectivity index (χ1n) is 11.7. The lowest BCUT2D eigenvalue weighted by molar-refractivity contribution is 0.0593. The Kier molecular flexibility index (Phi) is 5.37. The average molecular weight is 434 g/mol. The van der Waals surface area contributed by atoms with Gasteiger partial charge < -0.3 is 14.9 Å². The van der Waals surface area contributed by atoms with E-state index in [0.717, 1.165) is 60.0 Å². The number of aryl methyl sites for hydroxylation is 1. The van der Waals surface area contributed by atoms with Crippen LogP contribution in [0.1, 0.15) is 72.3 Å². The van der Waals surface area contributed by atoms with Crippen LogP contribution in [0.2, 0.25) is 0 Å². The lowest BCUT2D eigenvalue weighted by Gasteiger charge is -2.36. The van der Waals surface area contributed by atoms with Crippen LogP contribution < -0.4 is 5.56 Å². The normalized spacial score (nSPS) is 19.5. The summed E-state index contributed by atoms with van der Waals surface area (Å²) in [7, 11) is 0. The van der Waals surface area contributed by atoms with Crippen LogP contribution in [0.5, 0.6) is 0 Å². The highest BCUT2D eigenvalue weighted by molar-refractivity contribution is 5.99. The fraction of sp³-hybridized carbons (Fsp3) is 0.480. The second-order valence-corrected chi connectivity index (χ2v) is 9.42. The third-order valence-corrected chi connectivity index (χ3v) is 7.04. The summed E-state index contributed by atoms with van der Waals surface area (Å²) in [6.45, 7) is 8.56. The average Bonchev–Trinajstić information content (AvgIpc) is 3.24. The lowest BCUT2D eigenvalue weighted by Crippen LogP contribution is -2.42. The van der Waals surface area contributed by atoms with Gasteiger partial charge in [-0.2, -0.15) is 0 Å². The molecule has 1 saturated heterocycles. The van der Waals surface area contributed by atoms with Gasteiger partial charge >= 0.3 is 0 Å². The summed E-state index contributed by atoms with van der Waals surface area (Å²) in [6.07, 6.45) is 3.55. The van der Waals surface area contributed by atoms with E-state index in [1.807, 2.05) is 23.1 Å². The van der Waals surface area contributed by atoms with E-state index in [0.29, 0.717) is 30.6 Å². The predicted octanol–water partition coefficient (Wildman–Crippen LogP) is 3.69. The van der Waals surface area contributed by atoms with Gasteiger partial charge in [0.05, 0.1) is 17.3 Å². The smallest absolute Gasteiger partial charge is 0.270 e. The van der Waals surface area contributed by atoms with Gasteiger partial charge in [-0.3, -0.25) is 14.5 Å². The van der Waals surface area contributed by atoms with Gasteiger partial charge in [0.2, 0.25) is 0 Å². The van der Waals surface area contributed by atoms with Crippen molar-refractivity contribution in [1.29, 1.82) is 0 Å². The van der Waals surface area contributed by atoms with Crippen molar-refractivity contribution < 1.29 is 4.79 Å². The van der Waals surface area contributed by atoms with Gasteiger partial charge in [0.1, 0.15) is 11.5 Å². The highest BCUT2D eigenvalue weighted by Crippen LogP contribution is 2.31. The van der Waals surface area contributed by atoms with Crippen molar-refractivity contribution in [3.05, 3.63) is 63.0 Å². The van der Waals surface area contributed by atoms with E-state index in [1.165, 1.54) is 0 Å². The van der Waals surface area contributed by atoms with Crippen LogP contribution in [0.25, 0.3) is 10.9 Å². The number of likely N-dealkylation sites (tertiary alicyclic amines) is 1. The lowest BCUT2D eigenvalue weighted by atomic mass is 9.99. The molecule has 0 saturated carbocycles. The molecule has 7 heteroatoms. The maximum Gasteiger partial charge on any atom is 0.270 e. The van der Waals surface area contributed by atoms with Crippen molar-refractivity contribution in [3.8, 4) is 0 Å². The number of hydrogen-bond acceptors (Lipinski definition) is 4. The monoisotopic (exact) mass is 433 g/mol. The number of hydrogen-bond donors (Lipinski definition) is 2. The van der Waals surface area contributed by atoms with Crippen LogP contribution in [-0.2, 0) is 13.0 Å². The van der Waals surface area contributed by atoms with Gasteiger partial charge in [0.15, 0.2) is 0 Å². The molecule has 3 aromatic rings. The highest BCUT2D eigenvalue weighted by Gasteiger charge is 2.33. The zero-order chi connectivity index (χ0) is 22.4. The molecule has 4 heterocycles. The number of aromatic nitrogens is 3. The molecular weight excluding hydrogens is 402 g/mol. The molecule has 168 valence electrons.